The first kappa shape index (κ1) is 25.8. The van der Waals surface area contributed by atoms with E-state index in [0.29, 0.717) is 51.0 Å². The lowest BCUT2D eigenvalue weighted by atomic mass is 10.1. The molecule has 10 heteroatoms. The fourth-order valence-corrected chi connectivity index (χ4v) is 5.15. The Morgan fingerprint density at radius 2 is 1.49 bits per heavy atom. The van der Waals surface area contributed by atoms with Crippen LogP contribution in [0.25, 0.3) is 10.9 Å². The number of fused-ring (bicyclic) bond motifs is 1. The van der Waals surface area contributed by atoms with Crippen LogP contribution in [0.4, 0.5) is 11.4 Å². The molecule has 0 unspecified atom stereocenters. The highest BCUT2D eigenvalue weighted by Gasteiger charge is 2.18. The Labute approximate surface area is 215 Å². The minimum Gasteiger partial charge on any atom is -0.493 e. The molecule has 0 spiro atoms. The molecule has 0 fully saturated rings. The number of nitrogens with one attached hydrogen (secondary N) is 2. The lowest BCUT2D eigenvalue weighted by Crippen LogP contribution is -2.15. The third kappa shape index (κ3) is 5.59. The lowest BCUT2D eigenvalue weighted by molar-refractivity contribution is -0.114. The number of anilines is 2. The summed E-state index contributed by atoms with van der Waals surface area (Å²) in [4.78, 5) is 15.9. The van der Waals surface area contributed by atoms with Crippen molar-refractivity contribution in [1.82, 2.24) is 4.98 Å². The smallest absolute Gasteiger partial charge is 0.261 e. The number of methoxy groups -OCH3 is 2. The number of aromatic nitrogens is 1. The van der Waals surface area contributed by atoms with Crippen LogP contribution in [0.1, 0.15) is 18.1 Å². The van der Waals surface area contributed by atoms with Crippen molar-refractivity contribution in [2.75, 3.05) is 24.3 Å². The fraction of sp³-hybridized carbons (Fsp3) is 0.185. The molecule has 1 amide bonds. The monoisotopic (exact) mass is 521 g/mol. The summed E-state index contributed by atoms with van der Waals surface area (Å²) in [5.74, 6) is 1.96. The van der Waals surface area contributed by atoms with Gasteiger partial charge in [0.1, 0.15) is 11.5 Å². The molecular weight excluding hydrogens is 494 g/mol. The molecule has 0 aliphatic carbocycles. The van der Waals surface area contributed by atoms with Crippen LogP contribution in [-0.2, 0) is 14.8 Å². The predicted molar refractivity (Wildman–Crippen MR) is 142 cm³/mol. The molecule has 37 heavy (non-hydrogen) atoms. The molecule has 192 valence electrons. The highest BCUT2D eigenvalue weighted by Crippen LogP contribution is 2.37. The number of carbonyl (C=O) groups is 1. The second-order valence-electron chi connectivity index (χ2n) is 8.38. The predicted octanol–water partition coefficient (Wildman–Crippen LogP) is 5.42. The highest BCUT2D eigenvalue weighted by atomic mass is 32.2. The number of hydrogen-bond donors (Lipinski definition) is 2. The zero-order valence-corrected chi connectivity index (χ0v) is 21.9. The van der Waals surface area contributed by atoms with E-state index in [1.807, 2.05) is 0 Å². The van der Waals surface area contributed by atoms with Crippen molar-refractivity contribution in [2.45, 2.75) is 25.7 Å². The fourth-order valence-electron chi connectivity index (χ4n) is 3.92. The van der Waals surface area contributed by atoms with E-state index in [2.05, 4.69) is 15.0 Å². The molecule has 0 aliphatic rings. The number of hydrogen-bond acceptors (Lipinski definition) is 7. The van der Waals surface area contributed by atoms with Crippen molar-refractivity contribution in [2.24, 2.45) is 0 Å². The van der Waals surface area contributed by atoms with E-state index in [-0.39, 0.29) is 10.8 Å². The van der Waals surface area contributed by atoms with E-state index in [0.717, 1.165) is 5.39 Å². The number of sulfonamides is 1. The van der Waals surface area contributed by atoms with Crippen LogP contribution in [0.15, 0.2) is 65.7 Å². The van der Waals surface area contributed by atoms with Crippen LogP contribution in [0, 0.1) is 13.8 Å². The molecule has 0 saturated carbocycles. The third-order valence-corrected chi connectivity index (χ3v) is 7.02. The molecule has 0 bridgehead atoms. The molecule has 4 aromatic rings. The van der Waals surface area contributed by atoms with Gasteiger partial charge in [-0.3, -0.25) is 14.5 Å². The van der Waals surface area contributed by atoms with Crippen molar-refractivity contribution in [1.29, 1.82) is 0 Å². The number of carbonyl (C=O) groups excluding carboxylic acids is 1. The maximum absolute atomic E-state index is 13.0. The third-order valence-electron chi connectivity index (χ3n) is 5.66. The average molecular weight is 522 g/mol. The summed E-state index contributed by atoms with van der Waals surface area (Å²) < 4.78 is 45.4. The second kappa shape index (κ2) is 10.4. The number of nitrogens with zero attached hydrogens (tertiary/aromatic N) is 1. The largest absolute Gasteiger partial charge is 0.493 e. The molecule has 3 aromatic carbocycles. The van der Waals surface area contributed by atoms with Crippen LogP contribution in [-0.4, -0.2) is 33.5 Å². The van der Waals surface area contributed by atoms with Gasteiger partial charge in [-0.1, -0.05) is 0 Å². The number of rotatable bonds is 8. The van der Waals surface area contributed by atoms with Crippen molar-refractivity contribution in [3.05, 3.63) is 71.9 Å². The molecule has 1 heterocycles. The SMILES string of the molecule is COc1cc2nccc(Oc3ccc(NS(=O)(=O)c4cc(C)c(NC(C)=O)c(C)c4)cc3)c2cc1OC. The average Bonchev–Trinajstić information content (AvgIpc) is 2.86. The van der Waals surface area contributed by atoms with Gasteiger partial charge >= 0.3 is 0 Å². The molecular formula is C27H27N3O6S. The molecule has 2 N–H and O–H groups in total. The normalized spacial score (nSPS) is 11.2. The van der Waals surface area contributed by atoms with E-state index in [4.69, 9.17) is 14.2 Å². The van der Waals surface area contributed by atoms with Gasteiger partial charge in [0.2, 0.25) is 5.91 Å². The number of ether oxygens (including phenoxy) is 3. The zero-order valence-electron chi connectivity index (χ0n) is 21.1. The second-order valence-corrected chi connectivity index (χ2v) is 10.1. The van der Waals surface area contributed by atoms with E-state index in [1.165, 1.54) is 19.1 Å². The Hall–Kier alpha value is -4.31. The van der Waals surface area contributed by atoms with E-state index < -0.39 is 10.0 Å². The van der Waals surface area contributed by atoms with Gasteiger partial charge in [-0.25, -0.2) is 8.42 Å². The van der Waals surface area contributed by atoms with Crippen LogP contribution < -0.4 is 24.2 Å². The number of amides is 1. The van der Waals surface area contributed by atoms with Crippen LogP contribution >= 0.6 is 0 Å². The van der Waals surface area contributed by atoms with Gasteiger partial charge in [-0.2, -0.15) is 0 Å². The molecule has 0 aliphatic heterocycles. The minimum absolute atomic E-state index is 0.101. The molecule has 0 saturated heterocycles. The summed E-state index contributed by atoms with van der Waals surface area (Å²) in [5.41, 5.74) is 2.96. The Kier molecular flexibility index (Phi) is 7.21. The summed E-state index contributed by atoms with van der Waals surface area (Å²) in [6.07, 6.45) is 1.63. The van der Waals surface area contributed by atoms with Crippen molar-refractivity contribution < 1.29 is 27.4 Å². The quantitative estimate of drug-likeness (QED) is 0.318. The topological polar surface area (TPSA) is 116 Å². The van der Waals surface area contributed by atoms with Crippen molar-refractivity contribution >= 4 is 38.2 Å². The van der Waals surface area contributed by atoms with E-state index in [1.54, 1.807) is 76.7 Å². The zero-order chi connectivity index (χ0) is 26.7. The number of aryl methyl sites for hydroxylation is 2. The lowest BCUT2D eigenvalue weighted by Gasteiger charge is -2.15. The summed E-state index contributed by atoms with van der Waals surface area (Å²) in [7, 11) is -0.742. The van der Waals surface area contributed by atoms with Gasteiger partial charge in [0.15, 0.2) is 11.5 Å². The van der Waals surface area contributed by atoms with Crippen LogP contribution in [0.5, 0.6) is 23.0 Å². The summed E-state index contributed by atoms with van der Waals surface area (Å²) >= 11 is 0. The Balaban J connectivity index is 1.55. The number of benzene rings is 3. The van der Waals surface area contributed by atoms with Crippen molar-refractivity contribution in [3.63, 3.8) is 0 Å². The van der Waals surface area contributed by atoms with Crippen molar-refractivity contribution in [3.8, 4) is 23.0 Å². The standard InChI is InChI=1S/C27H27N3O6S/c1-16-12-21(13-17(2)27(16)29-18(3)31)37(32,33)30-19-6-8-20(9-7-19)36-24-10-11-28-23-15-26(35-5)25(34-4)14-22(23)24/h6-15,30H,1-5H3,(H,29,31). The first-order chi connectivity index (χ1) is 17.6. The minimum atomic E-state index is -3.86. The first-order valence-corrected chi connectivity index (χ1v) is 12.8. The van der Waals surface area contributed by atoms with Gasteiger partial charge in [0.25, 0.3) is 10.0 Å². The molecule has 0 radical (unpaired) electrons. The van der Waals surface area contributed by atoms with Crippen LogP contribution in [0.2, 0.25) is 0 Å². The van der Waals surface area contributed by atoms with Crippen LogP contribution in [0.3, 0.4) is 0 Å². The van der Waals surface area contributed by atoms with E-state index >= 15 is 0 Å². The summed E-state index contributed by atoms with van der Waals surface area (Å²) in [6, 6.07) is 14.9. The Morgan fingerprint density at radius 3 is 2.08 bits per heavy atom. The summed E-state index contributed by atoms with van der Waals surface area (Å²) in [6.45, 7) is 4.90. The highest BCUT2D eigenvalue weighted by molar-refractivity contribution is 7.92. The number of pyridine rings is 1. The van der Waals surface area contributed by atoms with Gasteiger partial charge in [-0.15, -0.1) is 0 Å². The molecule has 1 aromatic heterocycles. The Bertz CT molecular complexity index is 1560. The first-order valence-electron chi connectivity index (χ1n) is 11.3. The van der Waals surface area contributed by atoms with Gasteiger partial charge in [0.05, 0.1) is 24.6 Å². The van der Waals surface area contributed by atoms with Gasteiger partial charge < -0.3 is 19.5 Å². The summed E-state index contributed by atoms with van der Waals surface area (Å²) in [5, 5.41) is 3.47. The maximum Gasteiger partial charge on any atom is 0.261 e. The molecule has 0 atom stereocenters. The van der Waals surface area contributed by atoms with E-state index in [9.17, 15) is 13.2 Å². The Morgan fingerprint density at radius 1 is 0.865 bits per heavy atom. The van der Waals surface area contributed by atoms with Gasteiger partial charge in [0, 0.05) is 35.9 Å². The van der Waals surface area contributed by atoms with Gasteiger partial charge in [-0.05, 0) is 73.5 Å². The maximum atomic E-state index is 13.0. The molecule has 4 rings (SSSR count). The molecule has 9 nitrogen and oxygen atoms in total.